The van der Waals surface area contributed by atoms with E-state index in [1.165, 1.54) is 19.2 Å². The summed E-state index contributed by atoms with van der Waals surface area (Å²) in [5.74, 6) is -0.611. The molecule has 0 bridgehead atoms. The number of hydrogen-bond donors (Lipinski definition) is 1. The lowest BCUT2D eigenvalue weighted by Gasteiger charge is -2.36. The number of piperazine rings is 1. The molecule has 23 heavy (non-hydrogen) atoms. The van der Waals surface area contributed by atoms with Gasteiger partial charge in [0.05, 0.1) is 12.5 Å². The third-order valence-electron chi connectivity index (χ3n) is 4.30. The lowest BCUT2D eigenvalue weighted by molar-refractivity contribution is -0.138. The molecule has 2 aliphatic heterocycles. The van der Waals surface area contributed by atoms with Crippen LogP contribution in [0, 0.1) is 0 Å². The van der Waals surface area contributed by atoms with Gasteiger partial charge < -0.3 is 4.90 Å². The van der Waals surface area contributed by atoms with Crippen molar-refractivity contribution in [2.45, 2.75) is 12.5 Å². The van der Waals surface area contributed by atoms with Gasteiger partial charge in [-0.05, 0) is 6.07 Å². The highest BCUT2D eigenvalue weighted by atomic mass is 16.2. The Balaban J connectivity index is 1.61. The normalized spacial score (nSPS) is 22.7. The minimum absolute atomic E-state index is 0.170. The van der Waals surface area contributed by atoms with Crippen molar-refractivity contribution in [1.29, 1.82) is 0 Å². The summed E-state index contributed by atoms with van der Waals surface area (Å²) in [5.41, 5.74) is -0.176. The molecule has 1 aromatic rings. The highest BCUT2D eigenvalue weighted by Crippen LogP contribution is 2.19. The van der Waals surface area contributed by atoms with E-state index < -0.39 is 6.04 Å². The van der Waals surface area contributed by atoms with Gasteiger partial charge in [0, 0.05) is 39.3 Å². The molecular weight excluding hydrogens is 302 g/mol. The first-order valence-corrected chi connectivity index (χ1v) is 7.37. The van der Waals surface area contributed by atoms with Crippen molar-refractivity contribution in [3.63, 3.8) is 0 Å². The molecule has 1 unspecified atom stereocenters. The third kappa shape index (κ3) is 2.87. The summed E-state index contributed by atoms with van der Waals surface area (Å²) in [6.07, 6.45) is 0.199. The second-order valence-corrected chi connectivity index (χ2v) is 5.65. The summed E-state index contributed by atoms with van der Waals surface area (Å²) in [6, 6.07) is 2.23. The molecule has 1 atom stereocenters. The maximum Gasteiger partial charge on any atom is 0.274 e. The Morgan fingerprint density at radius 2 is 1.87 bits per heavy atom. The first-order chi connectivity index (χ1) is 11.0. The second-order valence-electron chi connectivity index (χ2n) is 5.65. The fourth-order valence-electron chi connectivity index (χ4n) is 2.88. The van der Waals surface area contributed by atoms with Crippen molar-refractivity contribution in [2.75, 3.05) is 33.2 Å². The molecule has 3 amide bonds. The number of carbonyl (C=O) groups excluding carboxylic acids is 3. The Kier molecular flexibility index (Phi) is 3.95. The van der Waals surface area contributed by atoms with E-state index in [2.05, 4.69) is 10.2 Å². The number of nitrogens with one attached hydrogen (secondary N) is 1. The van der Waals surface area contributed by atoms with Crippen LogP contribution in [0.15, 0.2) is 16.9 Å². The van der Waals surface area contributed by atoms with Gasteiger partial charge in [0.25, 0.3) is 11.5 Å². The molecule has 2 fully saturated rings. The third-order valence-corrected chi connectivity index (χ3v) is 4.30. The second kappa shape index (κ2) is 5.92. The van der Waals surface area contributed by atoms with E-state index in [4.69, 9.17) is 0 Å². The topological polar surface area (TPSA) is 107 Å². The highest BCUT2D eigenvalue weighted by molar-refractivity contribution is 6.05. The number of aromatic nitrogens is 2. The number of rotatable bonds is 2. The van der Waals surface area contributed by atoms with Crippen LogP contribution in [0.5, 0.6) is 0 Å². The number of nitrogens with zero attached hydrogens (tertiary/aromatic N) is 4. The molecule has 3 rings (SSSR count). The van der Waals surface area contributed by atoms with Crippen LogP contribution in [0.4, 0.5) is 0 Å². The van der Waals surface area contributed by atoms with Crippen molar-refractivity contribution in [2.24, 2.45) is 0 Å². The minimum atomic E-state index is -0.420. The van der Waals surface area contributed by atoms with Crippen LogP contribution in [0.1, 0.15) is 16.9 Å². The van der Waals surface area contributed by atoms with Crippen LogP contribution >= 0.6 is 0 Å². The standard InChI is InChI=1S/C14H17N5O4/c1-17-12(21)8-10(14(17)23)18-4-6-19(7-5-18)13(22)9-2-3-11(20)16-15-9/h2-3,10H,4-8H2,1H3,(H,16,20). The zero-order valence-electron chi connectivity index (χ0n) is 12.7. The highest BCUT2D eigenvalue weighted by Gasteiger charge is 2.41. The molecule has 3 heterocycles. The quantitative estimate of drug-likeness (QED) is 0.650. The Morgan fingerprint density at radius 1 is 1.17 bits per heavy atom. The lowest BCUT2D eigenvalue weighted by Crippen LogP contribution is -2.53. The number of aromatic amines is 1. The number of likely N-dealkylation sites (N-methyl/N-ethyl adjacent to an activating group) is 1. The average molecular weight is 319 g/mol. The van der Waals surface area contributed by atoms with Gasteiger partial charge in [-0.3, -0.25) is 29.0 Å². The van der Waals surface area contributed by atoms with Crippen LogP contribution in [0.25, 0.3) is 0 Å². The molecule has 0 spiro atoms. The fourth-order valence-corrected chi connectivity index (χ4v) is 2.88. The van der Waals surface area contributed by atoms with Crippen molar-refractivity contribution < 1.29 is 14.4 Å². The summed E-state index contributed by atoms with van der Waals surface area (Å²) in [7, 11) is 1.49. The van der Waals surface area contributed by atoms with Crippen LogP contribution in [-0.4, -0.2) is 81.9 Å². The molecular formula is C14H17N5O4. The van der Waals surface area contributed by atoms with Gasteiger partial charge in [0.2, 0.25) is 11.8 Å². The molecule has 9 nitrogen and oxygen atoms in total. The molecule has 9 heteroatoms. The van der Waals surface area contributed by atoms with Crippen LogP contribution in [0.3, 0.4) is 0 Å². The summed E-state index contributed by atoms with van der Waals surface area (Å²) in [5, 5.41) is 5.97. The number of hydrogen-bond acceptors (Lipinski definition) is 6. The predicted molar refractivity (Wildman–Crippen MR) is 78.5 cm³/mol. The van der Waals surface area contributed by atoms with Crippen molar-refractivity contribution in [1.82, 2.24) is 24.9 Å². The predicted octanol–water partition coefficient (Wildman–Crippen LogP) is -1.71. The first-order valence-electron chi connectivity index (χ1n) is 7.37. The van der Waals surface area contributed by atoms with E-state index in [1.807, 2.05) is 4.90 Å². The van der Waals surface area contributed by atoms with Crippen molar-refractivity contribution >= 4 is 17.7 Å². The molecule has 0 saturated carbocycles. The molecule has 0 aromatic carbocycles. The smallest absolute Gasteiger partial charge is 0.274 e. The fraction of sp³-hybridized carbons (Fsp3) is 0.500. The Bertz CT molecular complexity index is 687. The minimum Gasteiger partial charge on any atom is -0.335 e. The number of amides is 3. The van der Waals surface area contributed by atoms with Crippen LogP contribution in [-0.2, 0) is 9.59 Å². The zero-order valence-corrected chi connectivity index (χ0v) is 12.7. The van der Waals surface area contributed by atoms with Gasteiger partial charge in [-0.15, -0.1) is 0 Å². The monoisotopic (exact) mass is 319 g/mol. The van der Waals surface area contributed by atoms with Crippen molar-refractivity contribution in [3.05, 3.63) is 28.2 Å². The Labute approximate surface area is 131 Å². The van der Waals surface area contributed by atoms with E-state index in [-0.39, 0.29) is 35.4 Å². The van der Waals surface area contributed by atoms with Crippen molar-refractivity contribution in [3.8, 4) is 0 Å². The Morgan fingerprint density at radius 3 is 2.39 bits per heavy atom. The summed E-state index contributed by atoms with van der Waals surface area (Å²) in [6.45, 7) is 1.93. The Hall–Kier alpha value is -2.55. The van der Waals surface area contributed by atoms with Gasteiger partial charge in [-0.2, -0.15) is 5.10 Å². The molecule has 1 aromatic heterocycles. The first kappa shape index (κ1) is 15.3. The van der Waals surface area contributed by atoms with E-state index in [1.54, 1.807) is 4.90 Å². The molecule has 0 radical (unpaired) electrons. The average Bonchev–Trinajstić information content (AvgIpc) is 2.83. The van der Waals surface area contributed by atoms with Crippen LogP contribution < -0.4 is 5.56 Å². The maximum atomic E-state index is 12.3. The van der Waals surface area contributed by atoms with Gasteiger partial charge in [0.15, 0.2) is 0 Å². The molecule has 2 aliphatic rings. The number of carbonyl (C=O) groups is 3. The summed E-state index contributed by atoms with van der Waals surface area (Å²) < 4.78 is 0. The van der Waals surface area contributed by atoms with E-state index in [0.29, 0.717) is 26.2 Å². The van der Waals surface area contributed by atoms with Gasteiger partial charge >= 0.3 is 0 Å². The summed E-state index contributed by atoms with van der Waals surface area (Å²) >= 11 is 0. The van der Waals surface area contributed by atoms with E-state index in [0.717, 1.165) is 4.90 Å². The number of imide groups is 1. The lowest BCUT2D eigenvalue weighted by atomic mass is 10.1. The molecule has 1 N–H and O–H groups in total. The summed E-state index contributed by atoms with van der Waals surface area (Å²) in [4.78, 5) is 51.6. The van der Waals surface area contributed by atoms with Crippen LogP contribution in [0.2, 0.25) is 0 Å². The maximum absolute atomic E-state index is 12.3. The van der Waals surface area contributed by atoms with E-state index in [9.17, 15) is 19.2 Å². The largest absolute Gasteiger partial charge is 0.335 e. The zero-order chi connectivity index (χ0) is 16.6. The molecule has 2 saturated heterocycles. The SMILES string of the molecule is CN1C(=O)CC(N2CCN(C(=O)c3ccc(=O)[nH]n3)CC2)C1=O. The number of H-pyrrole nitrogens is 1. The van der Waals surface area contributed by atoms with Gasteiger partial charge in [-0.25, -0.2) is 5.10 Å². The van der Waals surface area contributed by atoms with Gasteiger partial charge in [0.1, 0.15) is 5.69 Å². The molecule has 0 aliphatic carbocycles. The van der Waals surface area contributed by atoms with E-state index >= 15 is 0 Å². The number of likely N-dealkylation sites (tertiary alicyclic amines) is 1. The molecule has 122 valence electrons. The van der Waals surface area contributed by atoms with Gasteiger partial charge in [-0.1, -0.05) is 0 Å².